The summed E-state index contributed by atoms with van der Waals surface area (Å²) in [6.45, 7) is 0.973. The van der Waals surface area contributed by atoms with Gasteiger partial charge in [-0.25, -0.2) is 18.7 Å². The number of fused-ring (bicyclic) bond motifs is 1. The molecule has 0 unspecified atom stereocenters. The number of halogens is 5. The van der Waals surface area contributed by atoms with Crippen LogP contribution in [0.1, 0.15) is 39.8 Å². The highest BCUT2D eigenvalue weighted by atomic mass is 19.4. The Hall–Kier alpha value is -4.85. The average Bonchev–Trinajstić information content (AvgIpc) is 2.99. The SMILES string of the molecule is CCOc1c(CC(N)=O)cc([C@@](O)(CNC(=O)c2cc(OC)c3nc(C)c(CF)cc3c2)C(F)(F)F)nc1-c1ccc(F)cc1. The van der Waals surface area contributed by atoms with Crippen LogP contribution in [0.5, 0.6) is 11.5 Å². The zero-order valence-electron chi connectivity index (χ0n) is 24.4. The normalized spacial score (nSPS) is 12.9. The lowest BCUT2D eigenvalue weighted by Gasteiger charge is -2.31. The van der Waals surface area contributed by atoms with E-state index in [1.807, 2.05) is 0 Å². The number of alkyl halides is 4. The zero-order valence-corrected chi connectivity index (χ0v) is 24.4. The molecule has 2 aromatic heterocycles. The Kier molecular flexibility index (Phi) is 9.56. The van der Waals surface area contributed by atoms with E-state index in [-0.39, 0.29) is 46.1 Å². The van der Waals surface area contributed by atoms with Crippen molar-refractivity contribution in [2.24, 2.45) is 5.73 Å². The summed E-state index contributed by atoms with van der Waals surface area (Å²) in [4.78, 5) is 33.4. The molecule has 2 amide bonds. The molecule has 2 aromatic carbocycles. The van der Waals surface area contributed by atoms with Gasteiger partial charge in [-0.1, -0.05) is 0 Å². The van der Waals surface area contributed by atoms with Gasteiger partial charge in [0.1, 0.15) is 35.2 Å². The molecule has 4 rings (SSSR count). The van der Waals surface area contributed by atoms with Crippen LogP contribution in [0.25, 0.3) is 22.2 Å². The van der Waals surface area contributed by atoms with Crippen LogP contribution >= 0.6 is 0 Å². The monoisotopic (exact) mass is 632 g/mol. The van der Waals surface area contributed by atoms with Crippen molar-refractivity contribution in [3.05, 3.63) is 82.4 Å². The van der Waals surface area contributed by atoms with E-state index in [0.29, 0.717) is 16.6 Å². The minimum Gasteiger partial charge on any atom is -0.494 e. The van der Waals surface area contributed by atoms with E-state index >= 15 is 0 Å². The number of carbonyl (C=O) groups excluding carboxylic acids is 2. The van der Waals surface area contributed by atoms with Crippen molar-refractivity contribution in [3.63, 3.8) is 0 Å². The van der Waals surface area contributed by atoms with Crippen molar-refractivity contribution in [1.29, 1.82) is 0 Å². The van der Waals surface area contributed by atoms with E-state index in [2.05, 4.69) is 15.3 Å². The van der Waals surface area contributed by atoms with Gasteiger partial charge in [-0.15, -0.1) is 0 Å². The van der Waals surface area contributed by atoms with Crippen molar-refractivity contribution < 1.29 is 46.1 Å². The highest BCUT2D eigenvalue weighted by Crippen LogP contribution is 2.42. The Bertz CT molecular complexity index is 1750. The van der Waals surface area contributed by atoms with Crippen LogP contribution in [-0.2, 0) is 23.5 Å². The number of aryl methyl sites for hydroxylation is 1. The Balaban J connectivity index is 1.80. The molecule has 0 bridgehead atoms. The number of methoxy groups -OCH3 is 1. The average molecular weight is 633 g/mol. The lowest BCUT2D eigenvalue weighted by molar-refractivity contribution is -0.265. The number of benzene rings is 2. The molecular formula is C31H29F5N4O5. The van der Waals surface area contributed by atoms with Crippen LogP contribution in [0.15, 0.2) is 48.5 Å². The molecule has 0 saturated carbocycles. The fraction of sp³-hybridized carbons (Fsp3) is 0.290. The second kappa shape index (κ2) is 13.0. The highest BCUT2D eigenvalue weighted by molar-refractivity contribution is 6.00. The predicted molar refractivity (Wildman–Crippen MR) is 154 cm³/mol. The van der Waals surface area contributed by atoms with Crippen molar-refractivity contribution in [1.82, 2.24) is 15.3 Å². The van der Waals surface area contributed by atoms with Gasteiger partial charge in [0.05, 0.1) is 32.4 Å². The third kappa shape index (κ3) is 6.80. The predicted octanol–water partition coefficient (Wildman–Crippen LogP) is 4.83. The van der Waals surface area contributed by atoms with Gasteiger partial charge < -0.3 is 25.6 Å². The molecule has 0 aliphatic carbocycles. The van der Waals surface area contributed by atoms with E-state index in [1.54, 1.807) is 13.8 Å². The number of nitrogens with one attached hydrogen (secondary N) is 1. The number of pyridine rings is 2. The van der Waals surface area contributed by atoms with E-state index in [4.69, 9.17) is 15.2 Å². The van der Waals surface area contributed by atoms with Gasteiger partial charge in [0.2, 0.25) is 11.5 Å². The van der Waals surface area contributed by atoms with Crippen molar-refractivity contribution >= 4 is 22.7 Å². The van der Waals surface area contributed by atoms with Gasteiger partial charge in [0, 0.05) is 33.3 Å². The number of nitrogens with two attached hydrogens (primary N) is 1. The van der Waals surface area contributed by atoms with Crippen LogP contribution in [0.3, 0.4) is 0 Å². The lowest BCUT2D eigenvalue weighted by atomic mass is 9.93. The molecule has 0 saturated heterocycles. The Morgan fingerprint density at radius 2 is 1.73 bits per heavy atom. The quantitative estimate of drug-likeness (QED) is 0.202. The molecule has 0 fully saturated rings. The molecular weight excluding hydrogens is 603 g/mol. The maximum atomic E-state index is 14.6. The van der Waals surface area contributed by atoms with Crippen molar-refractivity contribution in [2.75, 3.05) is 20.3 Å². The van der Waals surface area contributed by atoms with Crippen molar-refractivity contribution in [2.45, 2.75) is 38.7 Å². The first-order chi connectivity index (χ1) is 21.2. The Morgan fingerprint density at radius 3 is 2.31 bits per heavy atom. The molecule has 0 aliphatic rings. The standard InChI is InChI=1S/C31H29F5N4O5/c1-4-45-28-19(13-25(37)41)12-24(40-27(28)17-5-7-22(33)8-6-17)30(43,31(34,35)36)15-38-29(42)20-9-18-10-21(14-32)16(2)39-26(18)23(11-20)44-3/h5-12,43H,4,13-15H2,1-3H3,(H2,37,41)(H,38,42)/t30-/m0/s1. The number of aromatic nitrogens is 2. The van der Waals surface area contributed by atoms with Crippen molar-refractivity contribution in [3.8, 4) is 22.8 Å². The van der Waals surface area contributed by atoms with Gasteiger partial charge in [-0.3, -0.25) is 9.59 Å². The summed E-state index contributed by atoms with van der Waals surface area (Å²) in [7, 11) is 1.30. The first-order valence-electron chi connectivity index (χ1n) is 13.5. The first kappa shape index (κ1) is 33.1. The van der Waals surface area contributed by atoms with E-state index < -0.39 is 54.7 Å². The summed E-state index contributed by atoms with van der Waals surface area (Å²) >= 11 is 0. The van der Waals surface area contributed by atoms with Gasteiger partial charge in [-0.05, 0) is 62.4 Å². The molecule has 45 heavy (non-hydrogen) atoms. The van der Waals surface area contributed by atoms with Gasteiger partial charge in [0.15, 0.2) is 0 Å². The van der Waals surface area contributed by atoms with Crippen LogP contribution in [-0.4, -0.2) is 53.3 Å². The molecule has 0 spiro atoms. The Labute approximate surface area is 254 Å². The largest absolute Gasteiger partial charge is 0.494 e. The molecule has 2 heterocycles. The fourth-order valence-electron chi connectivity index (χ4n) is 4.68. The minimum atomic E-state index is -5.40. The molecule has 4 aromatic rings. The van der Waals surface area contributed by atoms with Crippen LogP contribution in [0.2, 0.25) is 0 Å². The third-order valence-electron chi connectivity index (χ3n) is 7.02. The highest BCUT2D eigenvalue weighted by Gasteiger charge is 2.56. The maximum absolute atomic E-state index is 14.6. The smallest absolute Gasteiger partial charge is 0.424 e. The number of primary amides is 1. The van der Waals surface area contributed by atoms with E-state index in [9.17, 15) is 36.6 Å². The summed E-state index contributed by atoms with van der Waals surface area (Å²) in [6.07, 6.45) is -5.98. The number of hydrogen-bond acceptors (Lipinski definition) is 7. The summed E-state index contributed by atoms with van der Waals surface area (Å²) < 4.78 is 82.0. The molecule has 9 nitrogen and oxygen atoms in total. The number of hydrogen-bond donors (Lipinski definition) is 3. The molecule has 238 valence electrons. The van der Waals surface area contributed by atoms with Crippen LogP contribution in [0.4, 0.5) is 22.0 Å². The number of rotatable bonds is 11. The first-order valence-corrected chi connectivity index (χ1v) is 13.5. The number of nitrogens with zero attached hydrogens (tertiary/aromatic N) is 2. The number of amides is 2. The van der Waals surface area contributed by atoms with Gasteiger partial charge in [-0.2, -0.15) is 13.2 Å². The van der Waals surface area contributed by atoms with Gasteiger partial charge >= 0.3 is 6.18 Å². The third-order valence-corrected chi connectivity index (χ3v) is 7.02. The van der Waals surface area contributed by atoms with Gasteiger partial charge in [0.25, 0.3) is 5.91 Å². The molecule has 4 N–H and O–H groups in total. The molecule has 1 atom stereocenters. The summed E-state index contributed by atoms with van der Waals surface area (Å²) in [5.41, 5.74) is 1.19. The fourth-order valence-corrected chi connectivity index (χ4v) is 4.68. The topological polar surface area (TPSA) is 137 Å². The number of carbonyl (C=O) groups is 2. The van der Waals surface area contributed by atoms with E-state index in [0.717, 1.165) is 18.2 Å². The summed E-state index contributed by atoms with van der Waals surface area (Å²) in [6, 6.07) is 9.41. The number of aliphatic hydroxyl groups is 1. The minimum absolute atomic E-state index is 0.0255. The van der Waals surface area contributed by atoms with Crippen LogP contribution < -0.4 is 20.5 Å². The molecule has 14 heteroatoms. The van der Waals surface area contributed by atoms with E-state index in [1.165, 1.54) is 37.4 Å². The molecule has 0 aliphatic heterocycles. The zero-order chi connectivity index (χ0) is 33.1. The molecule has 0 radical (unpaired) electrons. The summed E-state index contributed by atoms with van der Waals surface area (Å²) in [5.74, 6) is -2.53. The lowest BCUT2D eigenvalue weighted by Crippen LogP contribution is -2.51. The second-order valence-electron chi connectivity index (χ2n) is 10.1. The summed E-state index contributed by atoms with van der Waals surface area (Å²) in [5, 5.41) is 13.6. The number of ether oxygens (including phenoxy) is 2. The Morgan fingerprint density at radius 1 is 1.04 bits per heavy atom. The van der Waals surface area contributed by atoms with Crippen LogP contribution in [0, 0.1) is 12.7 Å². The maximum Gasteiger partial charge on any atom is 0.424 e. The second-order valence-corrected chi connectivity index (χ2v) is 10.1.